The molecular formula is C24H32FN5O. The molecule has 0 aliphatic rings. The van der Waals surface area contributed by atoms with Gasteiger partial charge in [-0.1, -0.05) is 19.6 Å². The number of likely N-dealkylation sites (N-methyl/N-ethyl adjacent to an activating group) is 1. The summed E-state index contributed by atoms with van der Waals surface area (Å²) in [5, 5.41) is 0. The van der Waals surface area contributed by atoms with Crippen LogP contribution in [0.15, 0.2) is 63.0 Å². The monoisotopic (exact) mass is 425 g/mol. The van der Waals surface area contributed by atoms with E-state index >= 15 is 0 Å². The molecule has 0 saturated heterocycles. The van der Waals surface area contributed by atoms with Crippen LogP contribution in [0.3, 0.4) is 0 Å². The smallest absolute Gasteiger partial charge is 0.183 e. The van der Waals surface area contributed by atoms with Crippen molar-refractivity contribution >= 4 is 31.6 Å². The molecule has 0 saturated carbocycles. The van der Waals surface area contributed by atoms with E-state index in [1.165, 1.54) is 6.20 Å². The van der Waals surface area contributed by atoms with E-state index in [2.05, 4.69) is 46.0 Å². The maximum atomic E-state index is 14.8. The van der Waals surface area contributed by atoms with Gasteiger partial charge in [-0.2, -0.15) is 0 Å². The fourth-order valence-corrected chi connectivity index (χ4v) is 3.20. The lowest BCUT2D eigenvalue weighted by Gasteiger charge is -2.31. The molecular weight excluding hydrogens is 393 g/mol. The molecule has 0 N–H and O–H groups in total. The van der Waals surface area contributed by atoms with Crippen LogP contribution in [0.25, 0.3) is 6.08 Å². The van der Waals surface area contributed by atoms with Gasteiger partial charge in [0.15, 0.2) is 11.7 Å². The van der Waals surface area contributed by atoms with Gasteiger partial charge in [0.1, 0.15) is 5.75 Å². The summed E-state index contributed by atoms with van der Waals surface area (Å²) >= 11 is 0. The van der Waals surface area contributed by atoms with Gasteiger partial charge in [0.25, 0.3) is 0 Å². The molecule has 1 atom stereocenters. The molecule has 1 aromatic carbocycles. The van der Waals surface area contributed by atoms with E-state index in [9.17, 15) is 4.39 Å². The van der Waals surface area contributed by atoms with Crippen LogP contribution in [-0.2, 0) is 0 Å². The number of rotatable bonds is 12. The summed E-state index contributed by atoms with van der Waals surface area (Å²) in [5.41, 5.74) is 2.94. The van der Waals surface area contributed by atoms with Crippen molar-refractivity contribution in [3.8, 4) is 5.75 Å². The molecule has 1 unspecified atom stereocenters. The number of ether oxygens (including phenoxy) is 1. The van der Waals surface area contributed by atoms with Gasteiger partial charge in [0, 0.05) is 19.5 Å². The molecule has 0 radical (unpaired) electrons. The van der Waals surface area contributed by atoms with Gasteiger partial charge < -0.3 is 9.64 Å². The Labute approximate surface area is 185 Å². The Kier molecular flexibility index (Phi) is 11.4. The van der Waals surface area contributed by atoms with Crippen molar-refractivity contribution in [2.75, 3.05) is 27.2 Å². The Morgan fingerprint density at radius 1 is 1.26 bits per heavy atom. The van der Waals surface area contributed by atoms with Gasteiger partial charge in [-0.15, -0.1) is 0 Å². The fourth-order valence-electron chi connectivity index (χ4n) is 3.20. The van der Waals surface area contributed by atoms with Crippen molar-refractivity contribution in [2.45, 2.75) is 26.3 Å². The third-order valence-electron chi connectivity index (χ3n) is 4.66. The number of hydrogen-bond donors (Lipinski definition) is 0. The van der Waals surface area contributed by atoms with Gasteiger partial charge in [0.05, 0.1) is 32.4 Å². The molecule has 0 aliphatic carbocycles. The molecule has 6 nitrogen and oxygen atoms in total. The number of halogens is 1. The summed E-state index contributed by atoms with van der Waals surface area (Å²) in [4.78, 5) is 17.6. The number of methoxy groups -OCH3 is 1. The maximum Gasteiger partial charge on any atom is 0.183 e. The van der Waals surface area contributed by atoms with E-state index in [1.54, 1.807) is 25.5 Å². The quantitative estimate of drug-likeness (QED) is 0.262. The van der Waals surface area contributed by atoms with Crippen LogP contribution in [0, 0.1) is 6.92 Å². The molecule has 0 heterocycles. The van der Waals surface area contributed by atoms with Gasteiger partial charge in [-0.3, -0.25) is 20.0 Å². The van der Waals surface area contributed by atoms with E-state index in [0.29, 0.717) is 13.1 Å². The number of hydrogen-bond acceptors (Lipinski definition) is 5. The highest BCUT2D eigenvalue weighted by Crippen LogP contribution is 2.33. The van der Waals surface area contributed by atoms with E-state index in [-0.39, 0.29) is 11.9 Å². The molecule has 0 aromatic heterocycles. The summed E-state index contributed by atoms with van der Waals surface area (Å²) in [7, 11) is 3.45. The number of aryl methyl sites for hydroxylation is 1. The van der Waals surface area contributed by atoms with Crippen molar-refractivity contribution < 1.29 is 9.13 Å². The van der Waals surface area contributed by atoms with E-state index in [1.807, 2.05) is 31.9 Å². The number of aliphatic imine (C=N–C) groups is 4. The standard InChI is InChI=1S/C24H32FN5O/c1-8-19-16-23(31-7)18(3)15-20(19)22(9-2)30(6)24(21(25)17-27-5)29-14-13-28-12-10-11-26-4/h8,10-12,15-17,22H,1,4-5,9,13-14H2,2-3,6-7H3/b11-10-,21-17+,28-12?,29-24?. The Hall–Kier alpha value is -3.35. The van der Waals surface area contributed by atoms with Crippen molar-refractivity contribution in [3.05, 3.63) is 59.7 Å². The first-order chi connectivity index (χ1) is 14.9. The molecule has 0 spiro atoms. The van der Waals surface area contributed by atoms with Crippen LogP contribution >= 0.6 is 0 Å². The van der Waals surface area contributed by atoms with E-state index in [4.69, 9.17) is 4.74 Å². The van der Waals surface area contributed by atoms with Crippen LogP contribution in [0.4, 0.5) is 4.39 Å². The van der Waals surface area contributed by atoms with Crippen molar-refractivity contribution in [2.24, 2.45) is 20.0 Å². The lowest BCUT2D eigenvalue weighted by Crippen LogP contribution is -2.32. The Balaban J connectivity index is 3.28. The summed E-state index contributed by atoms with van der Waals surface area (Å²) in [6.45, 7) is 15.4. The SMILES string of the molecule is C=Cc1cc(OC)c(C)cc1C(CC)N(C)C(=NCCN=C/C=C\N=C)/C(F)=C\N=C. The third-order valence-corrected chi connectivity index (χ3v) is 4.66. The van der Waals surface area contributed by atoms with Gasteiger partial charge in [0.2, 0.25) is 0 Å². The average Bonchev–Trinajstić information content (AvgIpc) is 2.76. The van der Waals surface area contributed by atoms with Gasteiger partial charge in [-0.05, 0) is 61.7 Å². The summed E-state index contributed by atoms with van der Waals surface area (Å²) in [6.07, 6.45) is 8.39. The lowest BCUT2D eigenvalue weighted by molar-refractivity contribution is 0.356. The average molecular weight is 426 g/mol. The van der Waals surface area contributed by atoms with Crippen LogP contribution in [0.1, 0.15) is 36.1 Å². The Bertz CT molecular complexity index is 886. The van der Waals surface area contributed by atoms with Crippen molar-refractivity contribution in [1.29, 1.82) is 0 Å². The molecule has 1 aromatic rings. The van der Waals surface area contributed by atoms with Crippen molar-refractivity contribution in [3.63, 3.8) is 0 Å². The molecule has 1 rings (SSSR count). The van der Waals surface area contributed by atoms with Crippen LogP contribution < -0.4 is 4.74 Å². The summed E-state index contributed by atoms with van der Waals surface area (Å²) in [6, 6.07) is 3.86. The first-order valence-corrected chi connectivity index (χ1v) is 9.95. The molecule has 31 heavy (non-hydrogen) atoms. The zero-order valence-corrected chi connectivity index (χ0v) is 18.9. The highest BCUT2D eigenvalue weighted by molar-refractivity contribution is 5.96. The minimum absolute atomic E-state index is 0.134. The van der Waals surface area contributed by atoms with Gasteiger partial charge >= 0.3 is 0 Å². The highest BCUT2D eigenvalue weighted by Gasteiger charge is 2.24. The molecule has 166 valence electrons. The summed E-state index contributed by atoms with van der Waals surface area (Å²) in [5.74, 6) is 0.424. The van der Waals surface area contributed by atoms with Crippen LogP contribution in [0.5, 0.6) is 5.75 Å². The zero-order chi connectivity index (χ0) is 23.2. The second-order valence-corrected chi connectivity index (χ2v) is 6.63. The minimum Gasteiger partial charge on any atom is -0.496 e. The third kappa shape index (κ3) is 7.44. The van der Waals surface area contributed by atoms with Crippen LogP contribution in [-0.4, -0.2) is 57.6 Å². The Morgan fingerprint density at radius 3 is 2.58 bits per heavy atom. The second-order valence-electron chi connectivity index (χ2n) is 6.63. The number of amidine groups is 1. The first-order valence-electron chi connectivity index (χ1n) is 9.95. The largest absolute Gasteiger partial charge is 0.496 e. The number of nitrogens with zero attached hydrogens (tertiary/aromatic N) is 5. The lowest BCUT2D eigenvalue weighted by atomic mass is 9.94. The van der Waals surface area contributed by atoms with Gasteiger partial charge in [-0.25, -0.2) is 4.39 Å². The number of benzene rings is 1. The molecule has 7 heteroatoms. The predicted molar refractivity (Wildman–Crippen MR) is 132 cm³/mol. The second kappa shape index (κ2) is 13.8. The zero-order valence-electron chi connectivity index (χ0n) is 18.9. The molecule has 0 amide bonds. The Morgan fingerprint density at radius 2 is 2.00 bits per heavy atom. The molecule has 0 bridgehead atoms. The first kappa shape index (κ1) is 25.7. The number of allylic oxidation sites excluding steroid dienone is 1. The molecule has 0 aliphatic heterocycles. The van der Waals surface area contributed by atoms with Crippen molar-refractivity contribution in [1.82, 2.24) is 4.90 Å². The predicted octanol–water partition coefficient (Wildman–Crippen LogP) is 5.22. The maximum absolute atomic E-state index is 14.8. The highest BCUT2D eigenvalue weighted by atomic mass is 19.1. The fraction of sp³-hybridized carbons (Fsp3) is 0.333. The normalized spacial score (nSPS) is 13.5. The van der Waals surface area contributed by atoms with E-state index in [0.717, 1.165) is 35.1 Å². The van der Waals surface area contributed by atoms with Crippen LogP contribution in [0.2, 0.25) is 0 Å². The minimum atomic E-state index is -0.555. The summed E-state index contributed by atoms with van der Waals surface area (Å²) < 4.78 is 20.3. The molecule has 0 fully saturated rings. The van der Waals surface area contributed by atoms with E-state index < -0.39 is 5.83 Å². The topological polar surface area (TPSA) is 61.9 Å².